The maximum absolute atomic E-state index is 5.99. The van der Waals surface area contributed by atoms with E-state index in [0.29, 0.717) is 11.3 Å². The molecule has 1 aliphatic carbocycles. The van der Waals surface area contributed by atoms with Crippen LogP contribution in [0.3, 0.4) is 0 Å². The van der Waals surface area contributed by atoms with E-state index in [1.807, 2.05) is 0 Å². The van der Waals surface area contributed by atoms with Gasteiger partial charge in [-0.05, 0) is 31.2 Å². The molecule has 0 saturated heterocycles. The van der Waals surface area contributed by atoms with Crippen LogP contribution in [0.4, 0.5) is 5.82 Å². The molecule has 18 heavy (non-hydrogen) atoms. The zero-order valence-corrected chi connectivity index (χ0v) is 11.9. The summed E-state index contributed by atoms with van der Waals surface area (Å²) in [6.45, 7) is 3.13. The van der Waals surface area contributed by atoms with Gasteiger partial charge in [-0.2, -0.15) is 0 Å². The van der Waals surface area contributed by atoms with E-state index in [-0.39, 0.29) is 0 Å². The molecular weight excluding hydrogens is 266 g/mol. The highest BCUT2D eigenvalue weighted by molar-refractivity contribution is 7.18. The molecule has 96 valence electrons. The zero-order chi connectivity index (χ0) is 12.5. The maximum atomic E-state index is 5.99. The quantitative estimate of drug-likeness (QED) is 0.869. The second-order valence-corrected chi connectivity index (χ2v) is 6.56. The summed E-state index contributed by atoms with van der Waals surface area (Å²) in [6, 6.07) is 2.20. The van der Waals surface area contributed by atoms with Crippen molar-refractivity contribution >= 4 is 39.0 Å². The molecule has 0 unspecified atom stereocenters. The third-order valence-corrected chi connectivity index (χ3v) is 5.01. The summed E-state index contributed by atoms with van der Waals surface area (Å²) in [5.74, 6) is 1.66. The Balaban J connectivity index is 1.76. The van der Waals surface area contributed by atoms with Crippen LogP contribution in [0.5, 0.6) is 0 Å². The molecule has 0 amide bonds. The molecule has 0 spiro atoms. The van der Waals surface area contributed by atoms with E-state index in [0.717, 1.165) is 41.8 Å². The molecule has 3 nitrogen and oxygen atoms in total. The normalized spacial score (nSPS) is 23.0. The van der Waals surface area contributed by atoms with Crippen LogP contribution >= 0.6 is 22.9 Å². The van der Waals surface area contributed by atoms with E-state index >= 15 is 0 Å². The topological polar surface area (TPSA) is 37.8 Å². The molecule has 1 fully saturated rings. The largest absolute Gasteiger partial charge is 0.369 e. The molecule has 5 heteroatoms. The number of alkyl halides is 1. The lowest BCUT2D eigenvalue weighted by molar-refractivity contribution is 0.341. The Bertz CT molecular complexity index is 548. The van der Waals surface area contributed by atoms with Gasteiger partial charge in [-0.15, -0.1) is 22.9 Å². The number of nitrogens with one attached hydrogen (secondary N) is 1. The first-order valence-electron chi connectivity index (χ1n) is 6.37. The van der Waals surface area contributed by atoms with Crippen molar-refractivity contribution in [1.82, 2.24) is 9.97 Å². The van der Waals surface area contributed by atoms with Crippen molar-refractivity contribution in [2.24, 2.45) is 5.92 Å². The lowest BCUT2D eigenvalue weighted by Gasteiger charge is -2.31. The molecular formula is C13H16ClN3S. The van der Waals surface area contributed by atoms with Crippen LogP contribution < -0.4 is 5.32 Å². The van der Waals surface area contributed by atoms with Crippen LogP contribution in [0.25, 0.3) is 10.2 Å². The average Bonchev–Trinajstić information content (AvgIpc) is 2.76. The van der Waals surface area contributed by atoms with Crippen molar-refractivity contribution in [3.05, 3.63) is 17.3 Å². The third kappa shape index (κ3) is 2.31. The molecule has 2 aromatic rings. The zero-order valence-electron chi connectivity index (χ0n) is 10.3. The molecule has 1 aliphatic rings. The van der Waals surface area contributed by atoms with E-state index in [4.69, 9.17) is 11.6 Å². The first-order chi connectivity index (χ1) is 8.76. The average molecular weight is 282 g/mol. The highest BCUT2D eigenvalue weighted by Gasteiger charge is 2.26. The minimum Gasteiger partial charge on any atom is -0.369 e. The number of hydrogen-bond acceptors (Lipinski definition) is 4. The van der Waals surface area contributed by atoms with Gasteiger partial charge in [-0.3, -0.25) is 0 Å². The van der Waals surface area contributed by atoms with Gasteiger partial charge in [0.05, 0.1) is 5.39 Å². The van der Waals surface area contributed by atoms with Crippen LogP contribution in [0.2, 0.25) is 0 Å². The highest BCUT2D eigenvalue weighted by atomic mass is 35.5. The molecule has 3 rings (SSSR count). The van der Waals surface area contributed by atoms with Crippen LogP contribution in [0, 0.1) is 5.92 Å². The molecule has 0 atom stereocenters. The smallest absolute Gasteiger partial charge is 0.138 e. The minimum absolute atomic E-state index is 0.384. The highest BCUT2D eigenvalue weighted by Crippen LogP contribution is 2.33. The predicted octanol–water partition coefficient (Wildman–Crippen LogP) is 3.68. The number of nitrogens with zero attached hydrogens (tertiary/aromatic N) is 2. The monoisotopic (exact) mass is 281 g/mol. The van der Waals surface area contributed by atoms with Crippen molar-refractivity contribution in [3.8, 4) is 0 Å². The Morgan fingerprint density at radius 3 is 3.00 bits per heavy atom. The number of anilines is 1. The number of aryl methyl sites for hydroxylation is 1. The van der Waals surface area contributed by atoms with E-state index in [9.17, 15) is 0 Å². The van der Waals surface area contributed by atoms with Gasteiger partial charge in [-0.1, -0.05) is 6.92 Å². The summed E-state index contributed by atoms with van der Waals surface area (Å²) in [7, 11) is 0. The van der Waals surface area contributed by atoms with Crippen LogP contribution in [-0.4, -0.2) is 21.9 Å². The summed E-state index contributed by atoms with van der Waals surface area (Å²) in [5, 5.41) is 4.98. The van der Waals surface area contributed by atoms with Gasteiger partial charge >= 0.3 is 0 Å². The van der Waals surface area contributed by atoms with Gasteiger partial charge in [0.25, 0.3) is 0 Å². The number of halogens is 1. The molecule has 2 aromatic heterocycles. The summed E-state index contributed by atoms with van der Waals surface area (Å²) >= 11 is 7.74. The summed E-state index contributed by atoms with van der Waals surface area (Å²) in [4.78, 5) is 11.1. The molecule has 1 saturated carbocycles. The van der Waals surface area contributed by atoms with E-state index in [1.54, 1.807) is 17.7 Å². The Kier molecular flexibility index (Phi) is 3.39. The Labute approximate surface area is 116 Å². The lowest BCUT2D eigenvalue weighted by atomic mass is 9.85. The molecule has 0 aliphatic heterocycles. The number of aromatic nitrogens is 2. The maximum Gasteiger partial charge on any atom is 0.138 e. The summed E-state index contributed by atoms with van der Waals surface area (Å²) < 4.78 is 0. The summed E-state index contributed by atoms with van der Waals surface area (Å²) in [5.41, 5.74) is 0. The van der Waals surface area contributed by atoms with Crippen LogP contribution in [0.1, 0.15) is 24.6 Å². The molecule has 1 N–H and O–H groups in total. The van der Waals surface area contributed by atoms with Crippen molar-refractivity contribution in [2.45, 2.75) is 31.6 Å². The van der Waals surface area contributed by atoms with E-state index in [1.165, 1.54) is 4.88 Å². The van der Waals surface area contributed by atoms with Crippen molar-refractivity contribution in [3.63, 3.8) is 0 Å². The second-order valence-electron chi connectivity index (χ2n) is 4.82. The number of hydrogen-bond donors (Lipinski definition) is 1. The standard InChI is InChI=1S/C13H16ClN3S/c1-2-10-5-11-12(16-7-17-13(11)18-10)15-6-8-3-9(14)4-8/h5,7-9H,2-4,6H2,1H3,(H,15,16,17). The third-order valence-electron chi connectivity index (χ3n) is 3.47. The number of fused-ring (bicyclic) bond motifs is 1. The van der Waals surface area contributed by atoms with Crippen molar-refractivity contribution in [1.29, 1.82) is 0 Å². The van der Waals surface area contributed by atoms with Crippen molar-refractivity contribution < 1.29 is 0 Å². The van der Waals surface area contributed by atoms with Gasteiger partial charge < -0.3 is 5.32 Å². The SMILES string of the molecule is CCc1cc2c(NCC3CC(Cl)C3)ncnc2s1. The first kappa shape index (κ1) is 12.2. The van der Waals surface area contributed by atoms with Crippen LogP contribution in [0.15, 0.2) is 12.4 Å². The van der Waals surface area contributed by atoms with E-state index in [2.05, 4.69) is 28.3 Å². The molecule has 0 aromatic carbocycles. The molecule has 0 radical (unpaired) electrons. The predicted molar refractivity (Wildman–Crippen MR) is 77.6 cm³/mol. The second kappa shape index (κ2) is 5.02. The minimum atomic E-state index is 0.384. The Morgan fingerprint density at radius 1 is 1.44 bits per heavy atom. The number of thiophene rings is 1. The van der Waals surface area contributed by atoms with E-state index < -0.39 is 0 Å². The van der Waals surface area contributed by atoms with Gasteiger partial charge in [-0.25, -0.2) is 9.97 Å². The van der Waals surface area contributed by atoms with Gasteiger partial charge in [0.1, 0.15) is 17.0 Å². The van der Waals surface area contributed by atoms with Gasteiger partial charge in [0, 0.05) is 16.8 Å². The lowest BCUT2D eigenvalue weighted by Crippen LogP contribution is -2.30. The number of rotatable bonds is 4. The molecule has 0 bridgehead atoms. The molecule has 2 heterocycles. The first-order valence-corrected chi connectivity index (χ1v) is 7.63. The fourth-order valence-electron chi connectivity index (χ4n) is 2.28. The van der Waals surface area contributed by atoms with Crippen LogP contribution in [-0.2, 0) is 6.42 Å². The fourth-order valence-corrected chi connectivity index (χ4v) is 3.72. The fraction of sp³-hybridized carbons (Fsp3) is 0.538. The summed E-state index contributed by atoms with van der Waals surface area (Å²) in [6.07, 6.45) is 4.93. The van der Waals surface area contributed by atoms with Gasteiger partial charge in [0.2, 0.25) is 0 Å². The van der Waals surface area contributed by atoms with Gasteiger partial charge in [0.15, 0.2) is 0 Å². The van der Waals surface area contributed by atoms with Crippen molar-refractivity contribution in [2.75, 3.05) is 11.9 Å². The Morgan fingerprint density at radius 2 is 2.28 bits per heavy atom. The Hall–Kier alpha value is -0.870.